The predicted molar refractivity (Wildman–Crippen MR) is 82.4 cm³/mol. The maximum Gasteiger partial charge on any atom is 0.0708 e. The Labute approximate surface area is 118 Å². The van der Waals surface area contributed by atoms with E-state index in [-0.39, 0.29) is 0 Å². The van der Waals surface area contributed by atoms with Gasteiger partial charge in [-0.2, -0.15) is 0 Å². The molecule has 0 unspecified atom stereocenters. The van der Waals surface area contributed by atoms with Crippen molar-refractivity contribution in [2.24, 2.45) is 0 Å². The van der Waals surface area contributed by atoms with Gasteiger partial charge in [0.05, 0.1) is 5.52 Å². The van der Waals surface area contributed by atoms with E-state index >= 15 is 0 Å². The van der Waals surface area contributed by atoms with Gasteiger partial charge in [-0.3, -0.25) is 9.97 Å². The quantitative estimate of drug-likeness (QED) is 0.784. The highest BCUT2D eigenvalue weighted by Crippen LogP contribution is 2.27. The topological polar surface area (TPSA) is 37.8 Å². The lowest BCUT2D eigenvalue weighted by molar-refractivity contribution is 0.724. The first-order valence-corrected chi connectivity index (χ1v) is 6.87. The van der Waals surface area contributed by atoms with Gasteiger partial charge in [0.15, 0.2) is 0 Å². The highest BCUT2D eigenvalue weighted by atomic mass is 14.8. The summed E-state index contributed by atoms with van der Waals surface area (Å²) in [5.74, 6) is 0. The number of fused-ring (bicyclic) bond motifs is 1. The SMILES string of the molecule is CCNCc1cncc(-c2cccc3ncccc23)c1. The molecule has 1 aromatic carbocycles. The van der Waals surface area contributed by atoms with Crippen LogP contribution in [0.4, 0.5) is 0 Å². The molecule has 2 aromatic heterocycles. The van der Waals surface area contributed by atoms with Crippen LogP contribution in [-0.4, -0.2) is 16.5 Å². The zero-order chi connectivity index (χ0) is 13.8. The molecule has 0 atom stereocenters. The summed E-state index contributed by atoms with van der Waals surface area (Å²) in [7, 11) is 0. The molecule has 0 amide bonds. The van der Waals surface area contributed by atoms with Crippen LogP contribution in [0.15, 0.2) is 55.0 Å². The van der Waals surface area contributed by atoms with Crippen molar-refractivity contribution in [1.29, 1.82) is 0 Å². The summed E-state index contributed by atoms with van der Waals surface area (Å²) in [6.45, 7) is 3.91. The molecule has 0 fully saturated rings. The Hall–Kier alpha value is -2.26. The molecule has 0 aliphatic heterocycles. The summed E-state index contributed by atoms with van der Waals surface area (Å²) < 4.78 is 0. The van der Waals surface area contributed by atoms with Crippen LogP contribution in [0.25, 0.3) is 22.0 Å². The number of aromatic nitrogens is 2. The summed E-state index contributed by atoms with van der Waals surface area (Å²) >= 11 is 0. The summed E-state index contributed by atoms with van der Waals surface area (Å²) in [5, 5.41) is 4.49. The normalized spacial score (nSPS) is 10.8. The fraction of sp³-hybridized carbons (Fsp3) is 0.176. The third-order valence-electron chi connectivity index (χ3n) is 3.33. The van der Waals surface area contributed by atoms with Crippen molar-refractivity contribution in [2.45, 2.75) is 13.5 Å². The molecular weight excluding hydrogens is 246 g/mol. The molecule has 20 heavy (non-hydrogen) atoms. The van der Waals surface area contributed by atoms with Gasteiger partial charge in [-0.05, 0) is 35.9 Å². The lowest BCUT2D eigenvalue weighted by Gasteiger charge is -2.08. The molecule has 0 saturated heterocycles. The summed E-state index contributed by atoms with van der Waals surface area (Å²) in [6, 6.07) is 12.5. The fourth-order valence-corrected chi connectivity index (χ4v) is 2.36. The van der Waals surface area contributed by atoms with Crippen LogP contribution in [0.2, 0.25) is 0 Å². The molecular formula is C17H17N3. The number of rotatable bonds is 4. The molecule has 3 aromatic rings. The van der Waals surface area contributed by atoms with Gasteiger partial charge in [0, 0.05) is 36.1 Å². The van der Waals surface area contributed by atoms with Gasteiger partial charge < -0.3 is 5.32 Å². The van der Waals surface area contributed by atoms with Crippen molar-refractivity contribution in [3.05, 3.63) is 60.6 Å². The number of nitrogens with one attached hydrogen (secondary N) is 1. The first-order chi connectivity index (χ1) is 9.88. The third-order valence-corrected chi connectivity index (χ3v) is 3.33. The Balaban J connectivity index is 2.06. The molecule has 0 bridgehead atoms. The Morgan fingerprint density at radius 3 is 2.95 bits per heavy atom. The monoisotopic (exact) mass is 263 g/mol. The first kappa shape index (κ1) is 12.8. The molecule has 0 radical (unpaired) electrons. The van der Waals surface area contributed by atoms with E-state index in [1.165, 1.54) is 11.1 Å². The molecule has 0 aliphatic rings. The predicted octanol–water partition coefficient (Wildman–Crippen LogP) is 3.41. The zero-order valence-corrected chi connectivity index (χ0v) is 11.5. The van der Waals surface area contributed by atoms with Crippen molar-refractivity contribution in [3.63, 3.8) is 0 Å². The first-order valence-electron chi connectivity index (χ1n) is 6.87. The van der Waals surface area contributed by atoms with Crippen LogP contribution in [0.3, 0.4) is 0 Å². The molecule has 0 saturated carbocycles. The minimum atomic E-state index is 0.848. The van der Waals surface area contributed by atoms with Gasteiger partial charge in [0.2, 0.25) is 0 Å². The number of hydrogen-bond donors (Lipinski definition) is 1. The van der Waals surface area contributed by atoms with Crippen LogP contribution in [0.5, 0.6) is 0 Å². The molecule has 3 nitrogen and oxygen atoms in total. The lowest BCUT2D eigenvalue weighted by atomic mass is 10.0. The maximum absolute atomic E-state index is 4.41. The zero-order valence-electron chi connectivity index (χ0n) is 11.5. The van der Waals surface area contributed by atoms with E-state index in [0.717, 1.165) is 29.6 Å². The Bertz CT molecular complexity index is 717. The van der Waals surface area contributed by atoms with E-state index in [1.54, 1.807) is 0 Å². The Morgan fingerprint density at radius 2 is 2.05 bits per heavy atom. The summed E-state index contributed by atoms with van der Waals surface area (Å²) in [6.07, 6.45) is 5.65. The molecule has 3 heteroatoms. The van der Waals surface area contributed by atoms with E-state index in [4.69, 9.17) is 0 Å². The van der Waals surface area contributed by atoms with Crippen LogP contribution in [0, 0.1) is 0 Å². The highest BCUT2D eigenvalue weighted by molar-refractivity contribution is 5.94. The van der Waals surface area contributed by atoms with Gasteiger partial charge >= 0.3 is 0 Å². The standard InChI is InChI=1S/C17H17N3/c1-2-18-10-13-9-14(12-19-11-13)15-5-3-7-17-16(15)6-4-8-20-17/h3-9,11-12,18H,2,10H2,1H3. The van der Waals surface area contributed by atoms with Crippen molar-refractivity contribution in [2.75, 3.05) is 6.54 Å². The smallest absolute Gasteiger partial charge is 0.0708 e. The van der Waals surface area contributed by atoms with Gasteiger partial charge in [0.25, 0.3) is 0 Å². The van der Waals surface area contributed by atoms with Gasteiger partial charge in [-0.25, -0.2) is 0 Å². The van der Waals surface area contributed by atoms with E-state index in [0.29, 0.717) is 0 Å². The number of benzene rings is 1. The van der Waals surface area contributed by atoms with Crippen LogP contribution < -0.4 is 5.32 Å². The largest absolute Gasteiger partial charge is 0.313 e. The minimum Gasteiger partial charge on any atom is -0.313 e. The third kappa shape index (κ3) is 2.53. The second-order valence-corrected chi connectivity index (χ2v) is 4.74. The van der Waals surface area contributed by atoms with Crippen molar-refractivity contribution in [3.8, 4) is 11.1 Å². The summed E-state index contributed by atoms with van der Waals surface area (Å²) in [4.78, 5) is 8.77. The van der Waals surface area contributed by atoms with Gasteiger partial charge in [0.1, 0.15) is 0 Å². The summed E-state index contributed by atoms with van der Waals surface area (Å²) in [5.41, 5.74) is 4.53. The Kier molecular flexibility index (Phi) is 3.70. The van der Waals surface area contributed by atoms with Crippen LogP contribution in [-0.2, 0) is 6.54 Å². The number of nitrogens with zero attached hydrogens (tertiary/aromatic N) is 2. The number of pyridine rings is 2. The molecule has 0 aliphatic carbocycles. The molecule has 100 valence electrons. The fourth-order valence-electron chi connectivity index (χ4n) is 2.36. The van der Waals surface area contributed by atoms with E-state index < -0.39 is 0 Å². The van der Waals surface area contributed by atoms with E-state index in [1.807, 2.05) is 36.8 Å². The number of hydrogen-bond acceptors (Lipinski definition) is 3. The second-order valence-electron chi connectivity index (χ2n) is 4.74. The van der Waals surface area contributed by atoms with Crippen molar-refractivity contribution < 1.29 is 0 Å². The van der Waals surface area contributed by atoms with E-state index in [2.05, 4.69) is 40.4 Å². The average Bonchev–Trinajstić information content (AvgIpc) is 2.52. The van der Waals surface area contributed by atoms with Crippen molar-refractivity contribution in [1.82, 2.24) is 15.3 Å². The molecule has 2 heterocycles. The molecule has 1 N–H and O–H groups in total. The highest BCUT2D eigenvalue weighted by Gasteiger charge is 2.05. The van der Waals surface area contributed by atoms with Gasteiger partial charge in [-0.15, -0.1) is 0 Å². The minimum absolute atomic E-state index is 0.848. The molecule has 0 spiro atoms. The van der Waals surface area contributed by atoms with Crippen LogP contribution >= 0.6 is 0 Å². The van der Waals surface area contributed by atoms with Gasteiger partial charge in [-0.1, -0.05) is 25.1 Å². The average molecular weight is 263 g/mol. The lowest BCUT2D eigenvalue weighted by Crippen LogP contribution is -2.11. The van der Waals surface area contributed by atoms with Crippen molar-refractivity contribution >= 4 is 10.9 Å². The molecule has 3 rings (SSSR count). The van der Waals surface area contributed by atoms with E-state index in [9.17, 15) is 0 Å². The van der Waals surface area contributed by atoms with Crippen LogP contribution in [0.1, 0.15) is 12.5 Å². The second kappa shape index (κ2) is 5.80. The Morgan fingerprint density at radius 1 is 1.10 bits per heavy atom. The maximum atomic E-state index is 4.41.